The average Bonchev–Trinajstić information content (AvgIpc) is 2.62. The molecule has 2 rings (SSSR count). The Balaban J connectivity index is 2.00. The number of nitrogens with one attached hydrogen (secondary N) is 2. The number of hydrazone groups is 1. The highest BCUT2D eigenvalue weighted by molar-refractivity contribution is 7.80. The molecule has 0 spiro atoms. The van der Waals surface area contributed by atoms with Crippen molar-refractivity contribution in [3.8, 4) is 17.2 Å². The molecule has 0 bridgehead atoms. The Morgan fingerprint density at radius 1 is 1.12 bits per heavy atom. The van der Waals surface area contributed by atoms with Crippen LogP contribution in [0.15, 0.2) is 17.2 Å². The van der Waals surface area contributed by atoms with Crippen molar-refractivity contribution in [3.05, 3.63) is 17.7 Å². The normalized spacial score (nSPS) is 20.2. The Morgan fingerprint density at radius 2 is 1.84 bits per heavy atom. The van der Waals surface area contributed by atoms with Gasteiger partial charge >= 0.3 is 0 Å². The molecule has 2 atom stereocenters. The van der Waals surface area contributed by atoms with Gasteiger partial charge < -0.3 is 19.5 Å². The fraction of sp³-hybridized carbons (Fsp3) is 0.556. The van der Waals surface area contributed by atoms with Crippen LogP contribution in [-0.2, 0) is 0 Å². The molecule has 25 heavy (non-hydrogen) atoms. The molecule has 1 fully saturated rings. The first-order chi connectivity index (χ1) is 12.1. The summed E-state index contributed by atoms with van der Waals surface area (Å²) < 4.78 is 16.1. The van der Waals surface area contributed by atoms with E-state index in [-0.39, 0.29) is 0 Å². The number of hydrogen-bond acceptors (Lipinski definition) is 5. The summed E-state index contributed by atoms with van der Waals surface area (Å²) in [6.45, 7) is 2.26. The Morgan fingerprint density at radius 3 is 2.48 bits per heavy atom. The van der Waals surface area contributed by atoms with Crippen LogP contribution in [0.5, 0.6) is 17.2 Å². The lowest BCUT2D eigenvalue weighted by atomic mass is 9.86. The van der Waals surface area contributed by atoms with Crippen LogP contribution in [0.1, 0.15) is 38.2 Å². The predicted molar refractivity (Wildman–Crippen MR) is 104 cm³/mol. The molecule has 0 unspecified atom stereocenters. The number of thiocarbonyl (C=S) groups is 1. The van der Waals surface area contributed by atoms with E-state index in [9.17, 15) is 0 Å². The summed E-state index contributed by atoms with van der Waals surface area (Å²) in [5, 5.41) is 8.11. The summed E-state index contributed by atoms with van der Waals surface area (Å²) in [4.78, 5) is 0. The summed E-state index contributed by atoms with van der Waals surface area (Å²) in [5.41, 5.74) is 3.64. The van der Waals surface area contributed by atoms with Gasteiger partial charge in [-0.2, -0.15) is 5.10 Å². The summed E-state index contributed by atoms with van der Waals surface area (Å²) in [6, 6.07) is 4.08. The zero-order valence-corrected chi connectivity index (χ0v) is 16.1. The van der Waals surface area contributed by atoms with Crippen molar-refractivity contribution < 1.29 is 14.2 Å². The van der Waals surface area contributed by atoms with Crippen LogP contribution in [0, 0.1) is 5.92 Å². The van der Waals surface area contributed by atoms with E-state index in [4.69, 9.17) is 26.4 Å². The van der Waals surface area contributed by atoms with Crippen molar-refractivity contribution in [1.82, 2.24) is 10.7 Å². The Bertz CT molecular complexity index is 622. The summed E-state index contributed by atoms with van der Waals surface area (Å²) in [7, 11) is 4.74. The lowest BCUT2D eigenvalue weighted by molar-refractivity contribution is 0.308. The summed E-state index contributed by atoms with van der Waals surface area (Å²) >= 11 is 5.34. The minimum Gasteiger partial charge on any atom is -0.493 e. The van der Waals surface area contributed by atoms with E-state index in [0.29, 0.717) is 34.3 Å². The van der Waals surface area contributed by atoms with Gasteiger partial charge in [-0.15, -0.1) is 0 Å². The number of rotatable bonds is 6. The molecule has 1 aliphatic carbocycles. The van der Waals surface area contributed by atoms with Gasteiger partial charge in [0.05, 0.1) is 27.5 Å². The maximum atomic E-state index is 5.43. The molecule has 6 nitrogen and oxygen atoms in total. The zero-order chi connectivity index (χ0) is 18.2. The van der Waals surface area contributed by atoms with Crippen LogP contribution in [0.25, 0.3) is 0 Å². The van der Waals surface area contributed by atoms with Crippen LogP contribution >= 0.6 is 12.2 Å². The molecule has 0 amide bonds. The molecule has 0 heterocycles. The molecule has 1 saturated carbocycles. The standard InChI is InChI=1S/C18H27N3O3S/c1-12-7-5-6-8-14(12)20-18(25)21-19-11-13-9-10-15(22-2)17(24-4)16(13)23-3/h9-12,14H,5-8H2,1-4H3,(H2,20,21,25)/b19-11-/t12-,14-/m1/s1. The van der Waals surface area contributed by atoms with Crippen LogP contribution in [0.4, 0.5) is 0 Å². The highest BCUT2D eigenvalue weighted by Gasteiger charge is 2.21. The van der Waals surface area contributed by atoms with Crippen molar-refractivity contribution >= 4 is 23.5 Å². The number of hydrogen-bond donors (Lipinski definition) is 2. The van der Waals surface area contributed by atoms with Gasteiger partial charge in [0.15, 0.2) is 16.6 Å². The third kappa shape index (κ3) is 4.98. The third-order valence-electron chi connectivity index (χ3n) is 4.53. The van der Waals surface area contributed by atoms with Crippen molar-refractivity contribution in [2.75, 3.05) is 21.3 Å². The molecule has 1 aromatic rings. The van der Waals surface area contributed by atoms with Crippen LogP contribution in [0.3, 0.4) is 0 Å². The zero-order valence-electron chi connectivity index (χ0n) is 15.3. The topological polar surface area (TPSA) is 64.1 Å². The van der Waals surface area contributed by atoms with Crippen LogP contribution in [-0.4, -0.2) is 38.7 Å². The number of methoxy groups -OCH3 is 3. The monoisotopic (exact) mass is 365 g/mol. The van der Waals surface area contributed by atoms with Gasteiger partial charge in [0.25, 0.3) is 0 Å². The van der Waals surface area contributed by atoms with Gasteiger partial charge in [-0.3, -0.25) is 5.43 Å². The van der Waals surface area contributed by atoms with E-state index in [1.165, 1.54) is 19.3 Å². The lowest BCUT2D eigenvalue weighted by Crippen LogP contribution is -2.44. The smallest absolute Gasteiger partial charge is 0.203 e. The van der Waals surface area contributed by atoms with Gasteiger partial charge in [0.1, 0.15) is 0 Å². The average molecular weight is 365 g/mol. The van der Waals surface area contributed by atoms with Gasteiger partial charge in [-0.05, 0) is 43.1 Å². The van der Waals surface area contributed by atoms with Gasteiger partial charge in [-0.25, -0.2) is 0 Å². The second-order valence-corrected chi connectivity index (χ2v) is 6.54. The quantitative estimate of drug-likeness (QED) is 0.459. The molecular formula is C18H27N3O3S. The fourth-order valence-electron chi connectivity index (χ4n) is 3.12. The van der Waals surface area contributed by atoms with Crippen molar-refractivity contribution in [3.63, 3.8) is 0 Å². The second kappa shape index (κ2) is 9.46. The maximum Gasteiger partial charge on any atom is 0.203 e. The SMILES string of the molecule is COc1ccc(/C=N\NC(=S)N[C@@H]2CCCC[C@H]2C)c(OC)c1OC. The first-order valence-electron chi connectivity index (χ1n) is 8.49. The van der Waals surface area contributed by atoms with Gasteiger partial charge in [-0.1, -0.05) is 19.8 Å². The number of ether oxygens (including phenoxy) is 3. The molecule has 0 aromatic heterocycles. The molecule has 1 aromatic carbocycles. The summed E-state index contributed by atoms with van der Waals surface area (Å²) in [6.07, 6.45) is 6.59. The Labute approximate surface area is 154 Å². The molecular weight excluding hydrogens is 338 g/mol. The molecule has 2 N–H and O–H groups in total. The van der Waals surface area contributed by atoms with Crippen molar-refractivity contribution in [1.29, 1.82) is 0 Å². The molecule has 0 radical (unpaired) electrons. The third-order valence-corrected chi connectivity index (χ3v) is 4.74. The minimum atomic E-state index is 0.416. The van der Waals surface area contributed by atoms with Crippen molar-refractivity contribution in [2.24, 2.45) is 11.0 Å². The van der Waals surface area contributed by atoms with Gasteiger partial charge in [0.2, 0.25) is 5.75 Å². The van der Waals surface area contributed by atoms with Crippen LogP contribution < -0.4 is 25.0 Å². The van der Waals surface area contributed by atoms with Gasteiger partial charge in [0, 0.05) is 11.6 Å². The Kier molecular flexibility index (Phi) is 7.31. The highest BCUT2D eigenvalue weighted by Crippen LogP contribution is 2.38. The fourth-order valence-corrected chi connectivity index (χ4v) is 3.32. The highest BCUT2D eigenvalue weighted by atomic mass is 32.1. The molecule has 7 heteroatoms. The number of nitrogens with zero attached hydrogens (tertiary/aromatic N) is 1. The predicted octanol–water partition coefficient (Wildman–Crippen LogP) is 3.09. The van der Waals surface area contributed by atoms with Crippen molar-refractivity contribution in [2.45, 2.75) is 38.6 Å². The molecule has 138 valence electrons. The van der Waals surface area contributed by atoms with E-state index < -0.39 is 0 Å². The second-order valence-electron chi connectivity index (χ2n) is 6.14. The van der Waals surface area contributed by atoms with E-state index in [1.54, 1.807) is 27.5 Å². The van der Waals surface area contributed by atoms with Crippen LogP contribution in [0.2, 0.25) is 0 Å². The van der Waals surface area contributed by atoms with E-state index >= 15 is 0 Å². The largest absolute Gasteiger partial charge is 0.493 e. The summed E-state index contributed by atoms with van der Waals surface area (Å²) in [5.74, 6) is 2.33. The molecule has 0 aliphatic heterocycles. The molecule has 1 aliphatic rings. The first-order valence-corrected chi connectivity index (χ1v) is 8.90. The first kappa shape index (κ1) is 19.3. The number of benzene rings is 1. The van der Waals surface area contributed by atoms with E-state index in [2.05, 4.69) is 22.8 Å². The lowest BCUT2D eigenvalue weighted by Gasteiger charge is -2.30. The maximum absolute atomic E-state index is 5.43. The Hall–Kier alpha value is -2.02. The van der Waals surface area contributed by atoms with E-state index in [0.717, 1.165) is 12.0 Å². The molecule has 0 saturated heterocycles. The minimum absolute atomic E-state index is 0.416. The van der Waals surface area contributed by atoms with E-state index in [1.807, 2.05) is 12.1 Å².